The van der Waals surface area contributed by atoms with E-state index in [2.05, 4.69) is 60.9 Å². The fraction of sp³-hybridized carbons (Fsp3) is 0.263. The Morgan fingerprint density at radius 1 is 1.11 bits per heavy atom. The Labute approximate surface area is 171 Å². The van der Waals surface area contributed by atoms with E-state index in [0.29, 0.717) is 11.9 Å². The van der Waals surface area contributed by atoms with Crippen LogP contribution in [0.5, 0.6) is 0 Å². The summed E-state index contributed by atoms with van der Waals surface area (Å²) in [7, 11) is 0. The summed E-state index contributed by atoms with van der Waals surface area (Å²) >= 11 is 3.31. The fourth-order valence-electron chi connectivity index (χ4n) is 2.70. The third-order valence-electron chi connectivity index (χ3n) is 4.29. The molecule has 9 heteroatoms. The van der Waals surface area contributed by atoms with Crippen LogP contribution >= 0.6 is 23.1 Å². The van der Waals surface area contributed by atoms with Gasteiger partial charge in [-0.2, -0.15) is 5.10 Å². The van der Waals surface area contributed by atoms with Gasteiger partial charge in [0.1, 0.15) is 0 Å². The lowest BCUT2D eigenvalue weighted by atomic mass is 10.1. The zero-order valence-corrected chi connectivity index (χ0v) is 17.3. The van der Waals surface area contributed by atoms with E-state index in [1.807, 2.05) is 31.0 Å². The molecular weight excluding hydrogens is 390 g/mol. The quantitative estimate of drug-likeness (QED) is 0.371. The minimum absolute atomic E-state index is 0.400. The number of thioether (sulfide) groups is 1. The van der Waals surface area contributed by atoms with Crippen LogP contribution in [0.2, 0.25) is 0 Å². The van der Waals surface area contributed by atoms with E-state index in [1.54, 1.807) is 23.1 Å². The molecule has 3 heterocycles. The number of fused-ring (bicyclic) bond motifs is 1. The van der Waals surface area contributed by atoms with Crippen molar-refractivity contribution in [2.75, 3.05) is 30.0 Å². The van der Waals surface area contributed by atoms with Gasteiger partial charge in [0, 0.05) is 42.1 Å². The fourth-order valence-corrected chi connectivity index (χ4v) is 3.93. The second kappa shape index (κ2) is 8.57. The summed E-state index contributed by atoms with van der Waals surface area (Å²) in [6.45, 7) is 3.80. The molecule has 0 fully saturated rings. The van der Waals surface area contributed by atoms with E-state index in [4.69, 9.17) is 0 Å². The van der Waals surface area contributed by atoms with Crippen LogP contribution in [0, 0.1) is 5.92 Å². The lowest BCUT2D eigenvalue weighted by molar-refractivity contribution is 0.645. The Hall–Kier alpha value is -2.65. The van der Waals surface area contributed by atoms with Gasteiger partial charge >= 0.3 is 0 Å². The van der Waals surface area contributed by atoms with Crippen LogP contribution in [0.1, 0.15) is 6.92 Å². The van der Waals surface area contributed by atoms with Gasteiger partial charge in [0.2, 0.25) is 5.95 Å². The molecule has 0 spiro atoms. The molecular formula is C19H21N7S2. The van der Waals surface area contributed by atoms with E-state index in [-0.39, 0.29) is 0 Å². The smallest absolute Gasteiger partial charge is 0.222 e. The minimum atomic E-state index is 0.400. The number of hydrogen-bond donors (Lipinski definition) is 3. The average Bonchev–Trinajstić information content (AvgIpc) is 3.40. The highest BCUT2D eigenvalue weighted by Crippen LogP contribution is 2.30. The summed E-state index contributed by atoms with van der Waals surface area (Å²) in [4.78, 5) is 14.4. The maximum atomic E-state index is 4.68. The molecule has 3 aromatic heterocycles. The van der Waals surface area contributed by atoms with Crippen molar-refractivity contribution < 1.29 is 0 Å². The summed E-state index contributed by atoms with van der Waals surface area (Å²) in [5, 5.41) is 14.5. The topological polar surface area (TPSA) is 91.4 Å². The molecule has 0 aliphatic rings. The van der Waals surface area contributed by atoms with Crippen LogP contribution in [0.15, 0.2) is 47.9 Å². The summed E-state index contributed by atoms with van der Waals surface area (Å²) in [6.07, 6.45) is 9.41. The van der Waals surface area contributed by atoms with Crippen molar-refractivity contribution in [1.82, 2.24) is 25.1 Å². The molecule has 0 aliphatic carbocycles. The third kappa shape index (κ3) is 4.42. The number of thiazole rings is 1. The van der Waals surface area contributed by atoms with Crippen molar-refractivity contribution in [3.8, 4) is 11.1 Å². The zero-order valence-electron chi connectivity index (χ0n) is 15.6. The number of aromatic nitrogens is 5. The first-order valence-corrected chi connectivity index (χ1v) is 11.0. The lowest BCUT2D eigenvalue weighted by Crippen LogP contribution is -2.20. The Bertz CT molecular complexity index is 1030. The molecule has 0 amide bonds. The first-order valence-electron chi connectivity index (χ1n) is 8.95. The monoisotopic (exact) mass is 411 g/mol. The van der Waals surface area contributed by atoms with E-state index in [0.717, 1.165) is 44.5 Å². The summed E-state index contributed by atoms with van der Waals surface area (Å²) in [5.41, 5.74) is 3.23. The maximum Gasteiger partial charge on any atom is 0.222 e. The highest BCUT2D eigenvalue weighted by atomic mass is 32.2. The maximum absolute atomic E-state index is 4.68. The van der Waals surface area contributed by atoms with Crippen LogP contribution in [0.25, 0.3) is 21.3 Å². The average molecular weight is 412 g/mol. The Morgan fingerprint density at radius 3 is 2.68 bits per heavy atom. The van der Waals surface area contributed by atoms with E-state index in [1.165, 1.54) is 0 Å². The number of benzene rings is 1. The van der Waals surface area contributed by atoms with Gasteiger partial charge in [-0.15, -0.1) is 11.8 Å². The number of aromatic amines is 1. The summed E-state index contributed by atoms with van der Waals surface area (Å²) in [6, 6.07) is 6.29. The van der Waals surface area contributed by atoms with Gasteiger partial charge in [-0.1, -0.05) is 24.3 Å². The molecule has 4 rings (SSSR count). The molecule has 3 N–H and O–H groups in total. The van der Waals surface area contributed by atoms with Gasteiger partial charge in [-0.3, -0.25) is 5.10 Å². The van der Waals surface area contributed by atoms with Crippen molar-refractivity contribution in [3.63, 3.8) is 0 Å². The van der Waals surface area contributed by atoms with Crippen LogP contribution < -0.4 is 10.6 Å². The number of hydrogen-bond acceptors (Lipinski definition) is 8. The first-order chi connectivity index (χ1) is 13.7. The van der Waals surface area contributed by atoms with Crippen molar-refractivity contribution in [1.29, 1.82) is 0 Å². The van der Waals surface area contributed by atoms with Crippen LogP contribution in [0.3, 0.4) is 0 Å². The number of rotatable bonds is 8. The van der Waals surface area contributed by atoms with E-state index >= 15 is 0 Å². The second-order valence-corrected chi connectivity index (χ2v) is 8.41. The lowest BCUT2D eigenvalue weighted by Gasteiger charge is -2.13. The predicted molar refractivity (Wildman–Crippen MR) is 117 cm³/mol. The molecule has 0 bridgehead atoms. The summed E-state index contributed by atoms with van der Waals surface area (Å²) < 4.78 is 1.16. The van der Waals surface area contributed by atoms with Gasteiger partial charge in [-0.05, 0) is 29.9 Å². The van der Waals surface area contributed by atoms with E-state index in [9.17, 15) is 0 Å². The third-order valence-corrected chi connectivity index (χ3v) is 5.95. The van der Waals surface area contributed by atoms with Gasteiger partial charge in [0.15, 0.2) is 5.13 Å². The number of H-pyrrole nitrogens is 1. The van der Waals surface area contributed by atoms with Crippen LogP contribution in [-0.2, 0) is 0 Å². The standard InChI is InChI=1S/C19H21N7S2/c1-12(6-20-18-21-10-15(27-2)11-22-18)7-23-19-26-16-4-3-13(5-17(16)28-19)14-8-24-25-9-14/h3-5,8-12H,6-7H2,1-2H3,(H,23,26)(H,24,25)(H,20,21,22). The first kappa shape index (κ1) is 18.7. The molecule has 7 nitrogen and oxygen atoms in total. The Balaban J connectivity index is 1.32. The Morgan fingerprint density at radius 2 is 1.93 bits per heavy atom. The highest BCUT2D eigenvalue weighted by Gasteiger charge is 2.08. The van der Waals surface area contributed by atoms with Gasteiger partial charge < -0.3 is 10.6 Å². The van der Waals surface area contributed by atoms with Crippen molar-refractivity contribution in [2.24, 2.45) is 5.92 Å². The van der Waals surface area contributed by atoms with Gasteiger partial charge in [0.25, 0.3) is 0 Å². The van der Waals surface area contributed by atoms with E-state index < -0.39 is 0 Å². The molecule has 1 aromatic carbocycles. The molecule has 144 valence electrons. The molecule has 0 saturated carbocycles. The molecule has 1 atom stereocenters. The Kier molecular flexibility index (Phi) is 5.73. The van der Waals surface area contributed by atoms with Crippen molar-refractivity contribution >= 4 is 44.4 Å². The molecule has 1 unspecified atom stereocenters. The normalized spacial score (nSPS) is 12.2. The SMILES string of the molecule is CSc1cnc(NCC(C)CNc2nc3ccc(-c4cn[nH]c4)cc3s2)nc1. The van der Waals surface area contributed by atoms with Gasteiger partial charge in [0.05, 0.1) is 16.4 Å². The number of nitrogens with zero attached hydrogens (tertiary/aromatic N) is 4. The van der Waals surface area contributed by atoms with Crippen molar-refractivity contribution in [2.45, 2.75) is 11.8 Å². The zero-order chi connectivity index (χ0) is 19.3. The molecule has 0 radical (unpaired) electrons. The van der Waals surface area contributed by atoms with Gasteiger partial charge in [-0.25, -0.2) is 15.0 Å². The molecule has 0 aliphatic heterocycles. The second-order valence-electron chi connectivity index (χ2n) is 6.50. The largest absolute Gasteiger partial charge is 0.361 e. The van der Waals surface area contributed by atoms with Crippen LogP contribution in [-0.4, -0.2) is 44.5 Å². The van der Waals surface area contributed by atoms with Crippen LogP contribution in [0.4, 0.5) is 11.1 Å². The minimum Gasteiger partial charge on any atom is -0.361 e. The highest BCUT2D eigenvalue weighted by molar-refractivity contribution is 7.98. The predicted octanol–water partition coefficient (Wildman–Crippen LogP) is 4.36. The summed E-state index contributed by atoms with van der Waals surface area (Å²) in [5.74, 6) is 1.06. The number of anilines is 2. The molecule has 0 saturated heterocycles. The molecule has 4 aromatic rings. The van der Waals surface area contributed by atoms with Crippen molar-refractivity contribution in [3.05, 3.63) is 43.0 Å². The molecule has 28 heavy (non-hydrogen) atoms. The number of nitrogens with one attached hydrogen (secondary N) is 3.